The van der Waals surface area contributed by atoms with Crippen LogP contribution in [0.15, 0.2) is 35.1 Å². The fraction of sp³-hybridized carbons (Fsp3) is 0.312. The van der Waals surface area contributed by atoms with E-state index in [-0.39, 0.29) is 11.6 Å². The summed E-state index contributed by atoms with van der Waals surface area (Å²) in [7, 11) is 0. The van der Waals surface area contributed by atoms with E-state index in [0.717, 1.165) is 19.4 Å². The van der Waals surface area contributed by atoms with Crippen molar-refractivity contribution in [2.75, 3.05) is 23.3 Å². The molecule has 5 nitrogen and oxygen atoms in total. The molecule has 1 aliphatic rings. The van der Waals surface area contributed by atoms with E-state index in [9.17, 15) is 9.65 Å². The molecule has 0 bridgehead atoms. The zero-order valence-corrected chi connectivity index (χ0v) is 13.9. The van der Waals surface area contributed by atoms with E-state index >= 15 is 0 Å². The van der Waals surface area contributed by atoms with Crippen molar-refractivity contribution >= 4 is 27.6 Å². The first kappa shape index (κ1) is 15.7. The molecule has 3 rings (SSSR count). The van der Waals surface area contributed by atoms with Gasteiger partial charge in [0.15, 0.2) is 0 Å². The lowest BCUT2D eigenvalue weighted by atomic mass is 10.0. The second-order valence-corrected chi connectivity index (χ2v) is 6.31. The van der Waals surface area contributed by atoms with Gasteiger partial charge >= 0.3 is 0 Å². The summed E-state index contributed by atoms with van der Waals surface area (Å²) in [6.07, 6.45) is 5.30. The predicted octanol–water partition coefficient (Wildman–Crippen LogP) is 3.33. The molecule has 0 amide bonds. The lowest BCUT2D eigenvalue weighted by molar-refractivity contribution is 0.525. The number of aromatic nitrogens is 2. The zero-order valence-electron chi connectivity index (χ0n) is 12.3. The monoisotopic (exact) mass is 375 g/mol. The Balaban J connectivity index is 1.80. The highest BCUT2D eigenvalue weighted by molar-refractivity contribution is 9.10. The van der Waals surface area contributed by atoms with Gasteiger partial charge in [0.25, 0.3) is 0 Å². The van der Waals surface area contributed by atoms with Gasteiger partial charge in [-0.15, -0.1) is 0 Å². The number of nitrogens with one attached hydrogen (secondary N) is 1. The summed E-state index contributed by atoms with van der Waals surface area (Å²) in [5.74, 6) is 0.0821. The van der Waals surface area contributed by atoms with Crippen molar-refractivity contribution in [2.45, 2.75) is 18.9 Å². The summed E-state index contributed by atoms with van der Waals surface area (Å²) in [4.78, 5) is 10.4. The molecule has 1 fully saturated rings. The molecule has 23 heavy (non-hydrogen) atoms. The molecule has 0 aliphatic carbocycles. The fourth-order valence-electron chi connectivity index (χ4n) is 2.79. The predicted molar refractivity (Wildman–Crippen MR) is 89.7 cm³/mol. The molecule has 1 N–H and O–H groups in total. The minimum atomic E-state index is -0.502. The van der Waals surface area contributed by atoms with E-state index in [2.05, 4.69) is 31.2 Å². The Labute approximate surface area is 142 Å². The summed E-state index contributed by atoms with van der Waals surface area (Å²) in [5.41, 5.74) is 0.713. The number of anilines is 2. The van der Waals surface area contributed by atoms with Crippen LogP contribution in [0.3, 0.4) is 0 Å². The van der Waals surface area contributed by atoms with Crippen LogP contribution in [0, 0.1) is 17.1 Å². The van der Waals surface area contributed by atoms with Crippen molar-refractivity contribution in [1.82, 2.24) is 9.97 Å². The van der Waals surface area contributed by atoms with Gasteiger partial charge < -0.3 is 10.2 Å². The van der Waals surface area contributed by atoms with E-state index in [1.54, 1.807) is 24.5 Å². The first-order valence-electron chi connectivity index (χ1n) is 7.35. The second-order valence-electron chi connectivity index (χ2n) is 5.40. The van der Waals surface area contributed by atoms with Crippen LogP contribution in [0.25, 0.3) is 0 Å². The van der Waals surface area contributed by atoms with Crippen LogP contribution in [0.2, 0.25) is 0 Å². The van der Waals surface area contributed by atoms with Gasteiger partial charge in [-0.3, -0.25) is 0 Å². The van der Waals surface area contributed by atoms with Gasteiger partial charge in [-0.05, 0) is 31.0 Å². The number of hydrogen-bond donors (Lipinski definition) is 1. The summed E-state index contributed by atoms with van der Waals surface area (Å²) in [6, 6.07) is 7.00. The lowest BCUT2D eigenvalue weighted by Gasteiger charge is -2.35. The third-order valence-electron chi connectivity index (χ3n) is 3.81. The van der Waals surface area contributed by atoms with E-state index in [0.29, 0.717) is 22.7 Å². The Morgan fingerprint density at radius 3 is 2.87 bits per heavy atom. The van der Waals surface area contributed by atoms with Crippen LogP contribution in [0.1, 0.15) is 18.4 Å². The van der Waals surface area contributed by atoms with Crippen molar-refractivity contribution in [1.29, 1.82) is 5.26 Å². The molecule has 1 atom stereocenters. The molecule has 0 radical (unpaired) electrons. The van der Waals surface area contributed by atoms with Crippen molar-refractivity contribution in [3.63, 3.8) is 0 Å². The maximum atomic E-state index is 14.0. The Morgan fingerprint density at radius 2 is 2.13 bits per heavy atom. The molecular formula is C16H15BrFN5. The van der Waals surface area contributed by atoms with Crippen LogP contribution in [-0.2, 0) is 0 Å². The molecule has 118 valence electrons. The number of rotatable bonds is 3. The molecule has 0 spiro atoms. The van der Waals surface area contributed by atoms with E-state index < -0.39 is 5.82 Å². The van der Waals surface area contributed by atoms with Gasteiger partial charge in [-0.2, -0.15) is 5.26 Å². The van der Waals surface area contributed by atoms with Crippen LogP contribution in [-0.4, -0.2) is 29.1 Å². The summed E-state index contributed by atoms with van der Waals surface area (Å²) >= 11 is 3.30. The normalized spacial score (nSPS) is 17.6. The first-order chi connectivity index (χ1) is 11.2. The van der Waals surface area contributed by atoms with Crippen molar-refractivity contribution in [2.24, 2.45) is 0 Å². The molecule has 0 saturated carbocycles. The number of piperidine rings is 1. The largest absolute Gasteiger partial charge is 0.368 e. The third-order valence-corrected chi connectivity index (χ3v) is 4.26. The van der Waals surface area contributed by atoms with Gasteiger partial charge in [0.1, 0.15) is 17.4 Å². The molecular weight excluding hydrogens is 361 g/mol. The average molecular weight is 376 g/mol. The summed E-state index contributed by atoms with van der Waals surface area (Å²) in [6.45, 7) is 1.46. The van der Waals surface area contributed by atoms with Gasteiger partial charge in [0.05, 0.1) is 5.69 Å². The van der Waals surface area contributed by atoms with Gasteiger partial charge in [-0.25, -0.2) is 14.4 Å². The summed E-state index contributed by atoms with van der Waals surface area (Å²) in [5, 5.41) is 12.5. The highest BCUT2D eigenvalue weighted by Gasteiger charge is 2.24. The first-order valence-corrected chi connectivity index (χ1v) is 8.14. The number of hydrogen-bond acceptors (Lipinski definition) is 5. The second kappa shape index (κ2) is 6.92. The Bertz CT molecular complexity index is 731. The van der Waals surface area contributed by atoms with Gasteiger partial charge in [0, 0.05) is 36.0 Å². The standard InChI is InChI=1S/C16H15BrFN5/c17-11-7-14(18)13(9-19)15(8-11)23-6-1-3-12(10-23)22-16-20-4-2-5-21-16/h2,4-5,7-8,12H,1,3,6,10H2,(H,20,21,22). The molecule has 1 aromatic carbocycles. The lowest BCUT2D eigenvalue weighted by Crippen LogP contribution is -2.42. The van der Waals surface area contributed by atoms with Gasteiger partial charge in [-0.1, -0.05) is 15.9 Å². The molecule has 7 heteroatoms. The van der Waals surface area contributed by atoms with E-state index in [1.165, 1.54) is 6.07 Å². The van der Waals surface area contributed by atoms with Crippen LogP contribution >= 0.6 is 15.9 Å². The van der Waals surface area contributed by atoms with Gasteiger partial charge in [0.2, 0.25) is 5.95 Å². The summed E-state index contributed by atoms with van der Waals surface area (Å²) < 4.78 is 14.6. The number of benzene rings is 1. The average Bonchev–Trinajstić information content (AvgIpc) is 2.55. The molecule has 1 saturated heterocycles. The number of nitriles is 1. The molecule has 1 aliphatic heterocycles. The maximum Gasteiger partial charge on any atom is 0.222 e. The quantitative estimate of drug-likeness (QED) is 0.890. The minimum Gasteiger partial charge on any atom is -0.368 e. The SMILES string of the molecule is N#Cc1c(F)cc(Br)cc1N1CCCC(Nc2ncccn2)C1. The molecule has 1 aromatic heterocycles. The van der Waals surface area contributed by atoms with Crippen LogP contribution < -0.4 is 10.2 Å². The topological polar surface area (TPSA) is 64.8 Å². The zero-order chi connectivity index (χ0) is 16.2. The molecule has 2 aromatic rings. The Hall–Kier alpha value is -2.20. The highest BCUT2D eigenvalue weighted by Crippen LogP contribution is 2.30. The van der Waals surface area contributed by atoms with Crippen LogP contribution in [0.5, 0.6) is 0 Å². The number of nitrogens with zero attached hydrogens (tertiary/aromatic N) is 4. The third kappa shape index (κ3) is 3.59. The highest BCUT2D eigenvalue weighted by atomic mass is 79.9. The van der Waals surface area contributed by atoms with Crippen LogP contribution in [0.4, 0.5) is 16.0 Å². The smallest absolute Gasteiger partial charge is 0.222 e. The number of halogens is 2. The molecule has 2 heterocycles. The maximum absolute atomic E-state index is 14.0. The Morgan fingerprint density at radius 1 is 1.35 bits per heavy atom. The Kier molecular flexibility index (Phi) is 4.72. The minimum absolute atomic E-state index is 0.0878. The van der Waals surface area contributed by atoms with Crippen molar-refractivity contribution in [3.8, 4) is 6.07 Å². The van der Waals surface area contributed by atoms with Crippen molar-refractivity contribution < 1.29 is 4.39 Å². The fourth-order valence-corrected chi connectivity index (χ4v) is 3.21. The van der Waals surface area contributed by atoms with E-state index in [1.807, 2.05) is 11.0 Å². The van der Waals surface area contributed by atoms with Crippen molar-refractivity contribution in [3.05, 3.63) is 46.4 Å². The molecule has 1 unspecified atom stereocenters. The van der Waals surface area contributed by atoms with E-state index in [4.69, 9.17) is 0 Å².